The molecule has 1 aliphatic heterocycles. The van der Waals surface area contributed by atoms with Crippen molar-refractivity contribution in [2.75, 3.05) is 33.3 Å². The van der Waals surface area contributed by atoms with Gasteiger partial charge in [-0.05, 0) is 0 Å². The average Bonchev–Trinajstić information content (AvgIpc) is 1.62. The van der Waals surface area contributed by atoms with E-state index in [0.717, 1.165) is 24.1 Å². The number of aliphatic hydroxyl groups is 2. The molecule has 0 aliphatic carbocycles. The first-order chi connectivity index (χ1) is 4.16. The topological polar surface area (TPSA) is 40.5 Å². The Bertz CT molecular complexity index is 93.7. The zero-order valence-electron chi connectivity index (χ0n) is 5.75. The van der Waals surface area contributed by atoms with Gasteiger partial charge in [0.25, 0.3) is 0 Å². The third-order valence-corrected chi connectivity index (χ3v) is 1.94. The Labute approximate surface area is 55.1 Å². The Balaban J connectivity index is 2.23. The molecule has 54 valence electrons. The van der Waals surface area contributed by atoms with E-state index in [-0.39, 0.29) is 12.7 Å². The fraction of sp³-hybridized carbons (Fsp3) is 1.00. The second-order valence-electron chi connectivity index (χ2n) is 3.09. The Hall–Kier alpha value is -0.120. The largest absolute Gasteiger partial charge is 0.391 e. The van der Waals surface area contributed by atoms with Crippen molar-refractivity contribution in [3.63, 3.8) is 0 Å². The first-order valence-electron chi connectivity index (χ1n) is 3.29. The van der Waals surface area contributed by atoms with Gasteiger partial charge in [-0.2, -0.15) is 0 Å². The summed E-state index contributed by atoms with van der Waals surface area (Å²) in [4.78, 5) is 0. The summed E-state index contributed by atoms with van der Waals surface area (Å²) in [6.45, 7) is 2.61. The van der Waals surface area contributed by atoms with E-state index in [1.54, 1.807) is 0 Å². The first-order valence-corrected chi connectivity index (χ1v) is 3.29. The van der Waals surface area contributed by atoms with E-state index in [9.17, 15) is 0 Å². The number of rotatable bonds is 2. The summed E-state index contributed by atoms with van der Waals surface area (Å²) in [6, 6.07) is 0. The second-order valence-corrected chi connectivity index (χ2v) is 3.09. The molecule has 1 heterocycles. The number of hydrogen-bond donors (Lipinski definition) is 2. The second kappa shape index (κ2) is 2.25. The summed E-state index contributed by atoms with van der Waals surface area (Å²) in [5.41, 5.74) is 0. The van der Waals surface area contributed by atoms with E-state index in [2.05, 4.69) is 0 Å². The van der Waals surface area contributed by atoms with Gasteiger partial charge < -0.3 is 14.7 Å². The summed E-state index contributed by atoms with van der Waals surface area (Å²) >= 11 is 0. The van der Waals surface area contributed by atoms with E-state index in [1.165, 1.54) is 0 Å². The molecule has 3 nitrogen and oxygen atoms in total. The van der Waals surface area contributed by atoms with Crippen molar-refractivity contribution in [1.82, 2.24) is 0 Å². The van der Waals surface area contributed by atoms with Crippen LogP contribution in [0.2, 0.25) is 0 Å². The summed E-state index contributed by atoms with van der Waals surface area (Å²) in [7, 11) is 2.04. The molecule has 0 bridgehead atoms. The molecule has 0 atom stereocenters. The van der Waals surface area contributed by atoms with Gasteiger partial charge in [0.2, 0.25) is 0 Å². The zero-order chi connectivity index (χ0) is 6.91. The minimum Gasteiger partial charge on any atom is -0.391 e. The molecule has 0 radical (unpaired) electrons. The molecule has 0 aromatic carbocycles. The maximum Gasteiger partial charge on any atom is 0.152 e. The third kappa shape index (κ3) is 1.41. The van der Waals surface area contributed by atoms with Crippen LogP contribution in [0.15, 0.2) is 0 Å². The van der Waals surface area contributed by atoms with Crippen LogP contribution >= 0.6 is 0 Å². The van der Waals surface area contributed by atoms with Crippen molar-refractivity contribution in [1.29, 1.82) is 0 Å². The SMILES string of the molecule is C[N+]1(CCO)CC(O)C1. The lowest BCUT2D eigenvalue weighted by Crippen LogP contribution is -2.64. The number of likely N-dealkylation sites (N-methyl/N-ethyl adjacent to an activating group) is 1. The summed E-state index contributed by atoms with van der Waals surface area (Å²) in [5, 5.41) is 17.5. The van der Waals surface area contributed by atoms with Crippen molar-refractivity contribution in [2.45, 2.75) is 6.10 Å². The van der Waals surface area contributed by atoms with Gasteiger partial charge >= 0.3 is 0 Å². The van der Waals surface area contributed by atoms with E-state index in [4.69, 9.17) is 10.2 Å². The van der Waals surface area contributed by atoms with Crippen molar-refractivity contribution in [2.24, 2.45) is 0 Å². The number of hydrogen-bond acceptors (Lipinski definition) is 2. The molecule has 0 saturated carbocycles. The summed E-state index contributed by atoms with van der Waals surface area (Å²) < 4.78 is 0.831. The van der Waals surface area contributed by atoms with Crippen molar-refractivity contribution >= 4 is 0 Å². The van der Waals surface area contributed by atoms with Crippen molar-refractivity contribution in [3.8, 4) is 0 Å². The van der Waals surface area contributed by atoms with Crippen LogP contribution in [0.4, 0.5) is 0 Å². The molecule has 1 saturated heterocycles. The highest BCUT2D eigenvalue weighted by Crippen LogP contribution is 2.15. The molecule has 3 heteroatoms. The molecule has 0 aromatic heterocycles. The summed E-state index contributed by atoms with van der Waals surface area (Å²) in [6.07, 6.45) is -0.124. The van der Waals surface area contributed by atoms with Crippen LogP contribution in [-0.4, -0.2) is 54.1 Å². The van der Waals surface area contributed by atoms with Gasteiger partial charge in [0.15, 0.2) is 6.10 Å². The van der Waals surface area contributed by atoms with Gasteiger partial charge in [0.1, 0.15) is 19.6 Å². The van der Waals surface area contributed by atoms with Crippen molar-refractivity contribution < 1.29 is 14.7 Å². The van der Waals surface area contributed by atoms with Crippen LogP contribution < -0.4 is 0 Å². The van der Waals surface area contributed by atoms with Crippen LogP contribution in [0.1, 0.15) is 0 Å². The monoisotopic (exact) mass is 132 g/mol. The van der Waals surface area contributed by atoms with Crippen molar-refractivity contribution in [3.05, 3.63) is 0 Å². The molecule has 2 N–H and O–H groups in total. The van der Waals surface area contributed by atoms with Gasteiger partial charge in [0.05, 0.1) is 13.7 Å². The molecule has 1 aliphatic rings. The Kier molecular flexibility index (Phi) is 1.75. The van der Waals surface area contributed by atoms with Crippen LogP contribution in [0, 0.1) is 0 Å². The average molecular weight is 132 g/mol. The molecular weight excluding hydrogens is 118 g/mol. The molecule has 0 amide bonds. The Morgan fingerprint density at radius 2 is 2.11 bits per heavy atom. The van der Waals surface area contributed by atoms with Gasteiger partial charge in [-0.3, -0.25) is 0 Å². The standard InChI is InChI=1S/C6H14NO2/c1-7(2-3-8)4-6(9)5-7/h6,8-9H,2-5H2,1H3/q+1. The molecule has 1 fully saturated rings. The van der Waals surface area contributed by atoms with Gasteiger partial charge in [-0.15, -0.1) is 0 Å². The Morgan fingerprint density at radius 3 is 2.44 bits per heavy atom. The highest BCUT2D eigenvalue weighted by Gasteiger charge is 2.38. The number of likely N-dealkylation sites (tertiary alicyclic amines) is 1. The lowest BCUT2D eigenvalue weighted by atomic mass is 10.1. The molecule has 1 rings (SSSR count). The van der Waals surface area contributed by atoms with E-state index < -0.39 is 0 Å². The lowest BCUT2D eigenvalue weighted by Gasteiger charge is -2.44. The number of quaternary nitrogens is 1. The first kappa shape index (κ1) is 6.99. The fourth-order valence-electron chi connectivity index (χ4n) is 1.39. The molecule has 0 spiro atoms. The van der Waals surface area contributed by atoms with E-state index in [0.29, 0.717) is 0 Å². The van der Waals surface area contributed by atoms with Crippen LogP contribution in [0.25, 0.3) is 0 Å². The minimum absolute atomic E-state index is 0.124. The van der Waals surface area contributed by atoms with Crippen LogP contribution in [0.3, 0.4) is 0 Å². The molecule has 0 unspecified atom stereocenters. The predicted molar refractivity (Wildman–Crippen MR) is 33.9 cm³/mol. The third-order valence-electron chi connectivity index (χ3n) is 1.94. The predicted octanol–water partition coefficient (Wildman–Crippen LogP) is -1.20. The highest BCUT2D eigenvalue weighted by atomic mass is 16.3. The van der Waals surface area contributed by atoms with E-state index >= 15 is 0 Å². The zero-order valence-corrected chi connectivity index (χ0v) is 5.75. The smallest absolute Gasteiger partial charge is 0.152 e. The van der Waals surface area contributed by atoms with E-state index in [1.807, 2.05) is 7.05 Å². The fourth-order valence-corrected chi connectivity index (χ4v) is 1.39. The normalized spacial score (nSPS) is 42.3. The van der Waals surface area contributed by atoms with Crippen LogP contribution in [-0.2, 0) is 0 Å². The number of nitrogens with zero attached hydrogens (tertiary/aromatic N) is 1. The molecule has 9 heavy (non-hydrogen) atoms. The maximum atomic E-state index is 8.91. The quantitative estimate of drug-likeness (QED) is 0.463. The molecular formula is C6H14NO2+. The van der Waals surface area contributed by atoms with Gasteiger partial charge in [-0.1, -0.05) is 0 Å². The lowest BCUT2D eigenvalue weighted by molar-refractivity contribution is -0.955. The Morgan fingerprint density at radius 1 is 1.56 bits per heavy atom. The maximum absolute atomic E-state index is 8.91. The highest BCUT2D eigenvalue weighted by molar-refractivity contribution is 4.63. The minimum atomic E-state index is -0.124. The summed E-state index contributed by atoms with van der Waals surface area (Å²) in [5.74, 6) is 0. The van der Waals surface area contributed by atoms with Gasteiger partial charge in [0, 0.05) is 0 Å². The molecule has 0 aromatic rings. The van der Waals surface area contributed by atoms with Crippen LogP contribution in [0.5, 0.6) is 0 Å². The van der Waals surface area contributed by atoms with Gasteiger partial charge in [-0.25, -0.2) is 0 Å². The number of aliphatic hydroxyl groups excluding tert-OH is 2.